The number of carbonyl (C=O) groups is 2. The summed E-state index contributed by atoms with van der Waals surface area (Å²) in [5, 5.41) is 2.84. The third-order valence-electron chi connectivity index (χ3n) is 4.29. The average molecular weight is 321 g/mol. The second-order valence-corrected chi connectivity index (χ2v) is 5.91. The topological polar surface area (TPSA) is 84.7 Å². The third kappa shape index (κ3) is 5.16. The Balaban J connectivity index is 2.66. The number of nitrogens with one attached hydrogen (secondary N) is 1. The van der Waals surface area contributed by atoms with Crippen LogP contribution in [0.2, 0.25) is 0 Å². The van der Waals surface area contributed by atoms with Crippen molar-refractivity contribution in [1.82, 2.24) is 10.2 Å². The summed E-state index contributed by atoms with van der Waals surface area (Å²) in [6.45, 7) is 4.77. The van der Waals surface area contributed by atoms with Gasteiger partial charge in [-0.2, -0.15) is 0 Å². The van der Waals surface area contributed by atoms with Crippen LogP contribution >= 0.6 is 0 Å². The van der Waals surface area contributed by atoms with Crippen LogP contribution in [0.3, 0.4) is 0 Å². The van der Waals surface area contributed by atoms with Gasteiger partial charge in [0.1, 0.15) is 12.3 Å². The van der Waals surface area contributed by atoms with E-state index >= 15 is 0 Å². The predicted molar refractivity (Wildman–Crippen MR) is 90.5 cm³/mol. The molecule has 0 aromatic heterocycles. The van der Waals surface area contributed by atoms with E-state index in [1.165, 1.54) is 11.9 Å². The SMILES string of the molecule is CCC(C)(CCNC(=O)CN(C)C(N)=O)c1ccccc1OC. The number of nitrogens with two attached hydrogens (primary N) is 1. The number of primary amides is 1. The highest BCUT2D eigenvalue weighted by molar-refractivity contribution is 5.83. The van der Waals surface area contributed by atoms with Gasteiger partial charge >= 0.3 is 6.03 Å². The molecule has 0 bridgehead atoms. The van der Waals surface area contributed by atoms with Crippen LogP contribution in [0.4, 0.5) is 4.79 Å². The summed E-state index contributed by atoms with van der Waals surface area (Å²) in [4.78, 5) is 23.9. The largest absolute Gasteiger partial charge is 0.496 e. The van der Waals surface area contributed by atoms with Crippen molar-refractivity contribution in [2.45, 2.75) is 32.1 Å². The molecule has 1 aromatic rings. The van der Waals surface area contributed by atoms with Crippen molar-refractivity contribution < 1.29 is 14.3 Å². The maximum atomic E-state index is 11.8. The molecule has 1 rings (SSSR count). The molecule has 23 heavy (non-hydrogen) atoms. The molecule has 0 aliphatic heterocycles. The lowest BCUT2D eigenvalue weighted by molar-refractivity contribution is -0.121. The van der Waals surface area contributed by atoms with Crippen molar-refractivity contribution in [1.29, 1.82) is 0 Å². The summed E-state index contributed by atoms with van der Waals surface area (Å²) < 4.78 is 5.45. The molecule has 0 saturated carbocycles. The van der Waals surface area contributed by atoms with E-state index in [4.69, 9.17) is 10.5 Å². The molecule has 0 fully saturated rings. The molecule has 3 amide bonds. The number of methoxy groups -OCH3 is 1. The summed E-state index contributed by atoms with van der Waals surface area (Å²) in [5.74, 6) is 0.640. The van der Waals surface area contributed by atoms with E-state index in [2.05, 4.69) is 25.2 Å². The predicted octanol–water partition coefficient (Wildman–Crippen LogP) is 1.88. The number of likely N-dealkylation sites (N-methyl/N-ethyl adjacent to an activating group) is 1. The molecule has 0 heterocycles. The molecule has 6 nitrogen and oxygen atoms in total. The van der Waals surface area contributed by atoms with Crippen molar-refractivity contribution in [2.24, 2.45) is 5.73 Å². The third-order valence-corrected chi connectivity index (χ3v) is 4.29. The Morgan fingerprint density at radius 3 is 2.57 bits per heavy atom. The van der Waals surface area contributed by atoms with Gasteiger partial charge in [-0.15, -0.1) is 0 Å². The number of urea groups is 1. The van der Waals surface area contributed by atoms with Crippen LogP contribution in [0, 0.1) is 0 Å². The second kappa shape index (κ2) is 8.41. The lowest BCUT2D eigenvalue weighted by Gasteiger charge is -2.30. The van der Waals surface area contributed by atoms with E-state index in [1.54, 1.807) is 7.11 Å². The molecule has 0 spiro atoms. The lowest BCUT2D eigenvalue weighted by atomic mass is 9.77. The monoisotopic (exact) mass is 321 g/mol. The molecule has 128 valence electrons. The molecule has 6 heteroatoms. The quantitative estimate of drug-likeness (QED) is 0.766. The zero-order chi connectivity index (χ0) is 17.5. The standard InChI is InChI=1S/C17H27N3O3/c1-5-17(2,13-8-6-7-9-14(13)23-4)10-11-19-15(21)12-20(3)16(18)22/h6-9H,5,10-12H2,1-4H3,(H2,18,22)(H,19,21). The van der Waals surface area contributed by atoms with Gasteiger partial charge in [0.2, 0.25) is 5.91 Å². The maximum absolute atomic E-state index is 11.8. The average Bonchev–Trinajstić information content (AvgIpc) is 2.54. The van der Waals surface area contributed by atoms with E-state index in [1.807, 2.05) is 18.2 Å². The molecule has 0 saturated heterocycles. The normalized spacial score (nSPS) is 13.0. The summed E-state index contributed by atoms with van der Waals surface area (Å²) in [6, 6.07) is 7.33. The molecular formula is C17H27N3O3. The first-order chi connectivity index (χ1) is 10.8. The minimum absolute atomic E-state index is 0.0349. The number of carbonyl (C=O) groups excluding carboxylic acids is 2. The fourth-order valence-electron chi connectivity index (χ4n) is 2.47. The van der Waals surface area contributed by atoms with Crippen LogP contribution in [0.5, 0.6) is 5.75 Å². The first-order valence-electron chi connectivity index (χ1n) is 7.75. The van der Waals surface area contributed by atoms with E-state index in [0.717, 1.165) is 24.2 Å². The molecular weight excluding hydrogens is 294 g/mol. The Labute approximate surface area is 138 Å². The summed E-state index contributed by atoms with van der Waals surface area (Å²) in [5.41, 5.74) is 6.14. The highest BCUT2D eigenvalue weighted by atomic mass is 16.5. The first kappa shape index (κ1) is 18.8. The Morgan fingerprint density at radius 1 is 1.35 bits per heavy atom. The molecule has 3 N–H and O–H groups in total. The summed E-state index contributed by atoms with van der Waals surface area (Å²) in [6.07, 6.45) is 1.69. The van der Waals surface area contributed by atoms with Crippen LogP contribution in [-0.4, -0.2) is 44.1 Å². The minimum atomic E-state index is -0.618. The zero-order valence-electron chi connectivity index (χ0n) is 14.4. The van der Waals surface area contributed by atoms with Gasteiger partial charge in [0.05, 0.1) is 7.11 Å². The van der Waals surface area contributed by atoms with Crippen LogP contribution in [0.1, 0.15) is 32.3 Å². The minimum Gasteiger partial charge on any atom is -0.496 e. The van der Waals surface area contributed by atoms with Gasteiger partial charge < -0.3 is 20.7 Å². The Bertz CT molecular complexity index is 548. The number of hydrogen-bond acceptors (Lipinski definition) is 3. The van der Waals surface area contributed by atoms with Crippen LogP contribution < -0.4 is 15.8 Å². The fourth-order valence-corrected chi connectivity index (χ4v) is 2.47. The van der Waals surface area contributed by atoms with Crippen molar-refractivity contribution >= 4 is 11.9 Å². The van der Waals surface area contributed by atoms with Gasteiger partial charge in [-0.25, -0.2) is 4.79 Å². The van der Waals surface area contributed by atoms with E-state index < -0.39 is 6.03 Å². The van der Waals surface area contributed by atoms with Crippen molar-refractivity contribution in [3.8, 4) is 5.75 Å². The Hall–Kier alpha value is -2.24. The first-order valence-corrected chi connectivity index (χ1v) is 7.75. The molecule has 0 radical (unpaired) electrons. The highest BCUT2D eigenvalue weighted by Gasteiger charge is 2.27. The van der Waals surface area contributed by atoms with E-state index in [-0.39, 0.29) is 17.9 Å². The number of amides is 3. The van der Waals surface area contributed by atoms with Gasteiger partial charge in [-0.05, 0) is 24.3 Å². The zero-order valence-corrected chi connectivity index (χ0v) is 14.4. The smallest absolute Gasteiger partial charge is 0.314 e. The maximum Gasteiger partial charge on any atom is 0.314 e. The van der Waals surface area contributed by atoms with Gasteiger partial charge in [0, 0.05) is 19.2 Å². The van der Waals surface area contributed by atoms with Gasteiger partial charge in [0.25, 0.3) is 0 Å². The molecule has 0 aliphatic rings. The molecule has 1 unspecified atom stereocenters. The lowest BCUT2D eigenvalue weighted by Crippen LogP contribution is -2.41. The molecule has 1 aromatic carbocycles. The molecule has 0 aliphatic carbocycles. The van der Waals surface area contributed by atoms with Crippen molar-refractivity contribution in [3.05, 3.63) is 29.8 Å². The van der Waals surface area contributed by atoms with E-state index in [9.17, 15) is 9.59 Å². The number of benzene rings is 1. The van der Waals surface area contributed by atoms with Crippen LogP contribution in [0.15, 0.2) is 24.3 Å². The highest BCUT2D eigenvalue weighted by Crippen LogP contribution is 2.36. The Morgan fingerprint density at radius 2 is 2.00 bits per heavy atom. The van der Waals surface area contributed by atoms with E-state index in [0.29, 0.717) is 6.54 Å². The Kier molecular flexibility index (Phi) is 6.88. The van der Waals surface area contributed by atoms with Gasteiger partial charge in [-0.1, -0.05) is 32.0 Å². The van der Waals surface area contributed by atoms with Crippen LogP contribution in [0.25, 0.3) is 0 Å². The summed E-state index contributed by atoms with van der Waals surface area (Å²) in [7, 11) is 3.16. The van der Waals surface area contributed by atoms with Crippen molar-refractivity contribution in [3.63, 3.8) is 0 Å². The number of rotatable bonds is 8. The van der Waals surface area contributed by atoms with Crippen molar-refractivity contribution in [2.75, 3.05) is 27.2 Å². The van der Waals surface area contributed by atoms with Gasteiger partial charge in [-0.3, -0.25) is 4.79 Å². The summed E-state index contributed by atoms with van der Waals surface area (Å²) >= 11 is 0. The number of nitrogens with zero attached hydrogens (tertiary/aromatic N) is 1. The van der Waals surface area contributed by atoms with Crippen LogP contribution in [-0.2, 0) is 10.2 Å². The van der Waals surface area contributed by atoms with Gasteiger partial charge in [0.15, 0.2) is 0 Å². The number of hydrogen-bond donors (Lipinski definition) is 2. The second-order valence-electron chi connectivity index (χ2n) is 5.91. The number of ether oxygens (including phenoxy) is 1. The number of para-hydroxylation sites is 1. The molecule has 1 atom stereocenters. The fraction of sp³-hybridized carbons (Fsp3) is 0.529.